The maximum atomic E-state index is 10.7. The van der Waals surface area contributed by atoms with Gasteiger partial charge in [-0.1, -0.05) is 20.8 Å². The number of carbonyl (C=O) groups is 1. The molecule has 0 bridgehead atoms. The summed E-state index contributed by atoms with van der Waals surface area (Å²) in [6.07, 6.45) is 0.704. The van der Waals surface area contributed by atoms with Crippen LogP contribution in [0.2, 0.25) is 0 Å². The van der Waals surface area contributed by atoms with Gasteiger partial charge in [0.2, 0.25) is 0 Å². The fraction of sp³-hybridized carbons (Fsp3) is 0.727. The molecule has 0 radical (unpaired) electrons. The van der Waals surface area contributed by atoms with Crippen molar-refractivity contribution >= 4 is 5.97 Å². The van der Waals surface area contributed by atoms with E-state index in [-0.39, 0.29) is 5.41 Å². The van der Waals surface area contributed by atoms with E-state index in [2.05, 4.69) is 33.9 Å². The van der Waals surface area contributed by atoms with E-state index < -0.39 is 11.4 Å². The van der Waals surface area contributed by atoms with Crippen molar-refractivity contribution < 1.29 is 9.90 Å². The van der Waals surface area contributed by atoms with Gasteiger partial charge in [-0.25, -0.2) is 0 Å². The standard InChI is InChI=1S/C9H18O2.C2H4/c1-8(2,3)6-9(4,5)7(10)11;1-2/h6H2,1-5H3,(H,10,11);1-2H2. The first kappa shape index (κ1) is 14.7. The van der Waals surface area contributed by atoms with E-state index in [9.17, 15) is 4.79 Å². The lowest BCUT2D eigenvalue weighted by molar-refractivity contribution is -0.148. The lowest BCUT2D eigenvalue weighted by Crippen LogP contribution is -2.28. The van der Waals surface area contributed by atoms with Gasteiger partial charge in [-0.15, -0.1) is 13.2 Å². The van der Waals surface area contributed by atoms with E-state index in [0.717, 1.165) is 0 Å². The van der Waals surface area contributed by atoms with Crippen molar-refractivity contribution in [2.24, 2.45) is 10.8 Å². The van der Waals surface area contributed by atoms with Crippen molar-refractivity contribution in [3.05, 3.63) is 13.2 Å². The van der Waals surface area contributed by atoms with Crippen LogP contribution in [0.3, 0.4) is 0 Å². The molecule has 2 nitrogen and oxygen atoms in total. The fourth-order valence-corrected chi connectivity index (χ4v) is 1.40. The van der Waals surface area contributed by atoms with Crippen molar-refractivity contribution in [2.75, 3.05) is 0 Å². The minimum atomic E-state index is -0.715. The molecule has 0 fully saturated rings. The Balaban J connectivity index is 0. The molecule has 0 unspecified atom stereocenters. The second-order valence-corrected chi connectivity index (χ2v) is 4.93. The number of carboxylic acids is 1. The highest BCUT2D eigenvalue weighted by Crippen LogP contribution is 2.32. The number of hydrogen-bond donors (Lipinski definition) is 1. The van der Waals surface area contributed by atoms with Gasteiger partial charge in [-0.3, -0.25) is 4.79 Å². The van der Waals surface area contributed by atoms with Crippen LogP contribution >= 0.6 is 0 Å². The third-order valence-corrected chi connectivity index (χ3v) is 1.55. The highest BCUT2D eigenvalue weighted by atomic mass is 16.4. The molecule has 0 aliphatic rings. The molecule has 0 saturated carbocycles. The summed E-state index contributed by atoms with van der Waals surface area (Å²) < 4.78 is 0. The molecule has 0 aromatic rings. The summed E-state index contributed by atoms with van der Waals surface area (Å²) in [7, 11) is 0. The number of rotatable bonds is 2. The van der Waals surface area contributed by atoms with Crippen molar-refractivity contribution in [1.29, 1.82) is 0 Å². The first-order chi connectivity index (χ1) is 5.65. The normalized spacial score (nSPS) is 11.5. The summed E-state index contributed by atoms with van der Waals surface area (Å²) in [4.78, 5) is 10.7. The summed E-state index contributed by atoms with van der Waals surface area (Å²) in [5.41, 5.74) is -0.514. The van der Waals surface area contributed by atoms with Gasteiger partial charge in [0.05, 0.1) is 5.41 Å². The molecule has 0 aromatic carbocycles. The monoisotopic (exact) mass is 186 g/mol. The van der Waals surface area contributed by atoms with Crippen molar-refractivity contribution in [3.63, 3.8) is 0 Å². The van der Waals surface area contributed by atoms with Crippen LogP contribution in [0.15, 0.2) is 13.2 Å². The molecule has 0 aromatic heterocycles. The maximum absolute atomic E-state index is 10.7. The average Bonchev–Trinajstić information content (AvgIpc) is 1.86. The number of aliphatic carboxylic acids is 1. The van der Waals surface area contributed by atoms with E-state index in [4.69, 9.17) is 5.11 Å². The summed E-state index contributed by atoms with van der Waals surface area (Å²) >= 11 is 0. The predicted octanol–water partition coefficient (Wildman–Crippen LogP) is 3.34. The Morgan fingerprint density at radius 1 is 1.15 bits per heavy atom. The van der Waals surface area contributed by atoms with Gasteiger partial charge in [0.15, 0.2) is 0 Å². The van der Waals surface area contributed by atoms with E-state index in [1.165, 1.54) is 0 Å². The molecular weight excluding hydrogens is 164 g/mol. The molecule has 0 amide bonds. The van der Waals surface area contributed by atoms with Crippen LogP contribution in [0, 0.1) is 10.8 Å². The molecule has 78 valence electrons. The molecule has 0 spiro atoms. The third-order valence-electron chi connectivity index (χ3n) is 1.55. The van der Waals surface area contributed by atoms with Gasteiger partial charge in [-0.2, -0.15) is 0 Å². The lowest BCUT2D eigenvalue weighted by Gasteiger charge is -2.28. The SMILES string of the molecule is C=C.CC(C)(C)CC(C)(C)C(=O)O. The van der Waals surface area contributed by atoms with Gasteiger partial charge in [0.25, 0.3) is 0 Å². The van der Waals surface area contributed by atoms with E-state index in [0.29, 0.717) is 6.42 Å². The zero-order valence-electron chi connectivity index (χ0n) is 9.48. The zero-order valence-corrected chi connectivity index (χ0v) is 9.48. The van der Waals surface area contributed by atoms with Crippen LogP contribution in [0.1, 0.15) is 41.0 Å². The first-order valence-electron chi connectivity index (χ1n) is 4.38. The Bertz CT molecular complexity index is 163. The van der Waals surface area contributed by atoms with Crippen molar-refractivity contribution in [3.8, 4) is 0 Å². The lowest BCUT2D eigenvalue weighted by atomic mass is 9.76. The molecule has 0 atom stereocenters. The van der Waals surface area contributed by atoms with Crippen molar-refractivity contribution in [2.45, 2.75) is 41.0 Å². The van der Waals surface area contributed by atoms with Gasteiger partial charge in [-0.05, 0) is 25.7 Å². The van der Waals surface area contributed by atoms with E-state index in [1.54, 1.807) is 13.8 Å². The first-order valence-corrected chi connectivity index (χ1v) is 4.38. The van der Waals surface area contributed by atoms with Gasteiger partial charge in [0, 0.05) is 0 Å². The minimum absolute atomic E-state index is 0.0852. The smallest absolute Gasteiger partial charge is 0.309 e. The average molecular weight is 186 g/mol. The summed E-state index contributed by atoms with van der Waals surface area (Å²) in [5.74, 6) is -0.715. The zero-order chi connectivity index (χ0) is 11.3. The minimum Gasteiger partial charge on any atom is -0.481 e. The van der Waals surface area contributed by atoms with E-state index in [1.807, 2.05) is 0 Å². The van der Waals surface area contributed by atoms with Gasteiger partial charge < -0.3 is 5.11 Å². The molecule has 0 aliphatic heterocycles. The second-order valence-electron chi connectivity index (χ2n) is 4.93. The Morgan fingerprint density at radius 3 is 1.54 bits per heavy atom. The topological polar surface area (TPSA) is 37.3 Å². The largest absolute Gasteiger partial charge is 0.481 e. The number of carboxylic acid groups (broad SMARTS) is 1. The highest BCUT2D eigenvalue weighted by molar-refractivity contribution is 5.73. The Labute approximate surface area is 81.7 Å². The Morgan fingerprint density at radius 2 is 1.46 bits per heavy atom. The third kappa shape index (κ3) is 7.57. The molecule has 2 heteroatoms. The Kier molecular flexibility index (Phi) is 5.72. The van der Waals surface area contributed by atoms with Gasteiger partial charge >= 0.3 is 5.97 Å². The summed E-state index contributed by atoms with van der Waals surface area (Å²) in [6.45, 7) is 15.7. The summed E-state index contributed by atoms with van der Waals surface area (Å²) in [6, 6.07) is 0. The highest BCUT2D eigenvalue weighted by Gasteiger charge is 2.31. The fourth-order valence-electron chi connectivity index (χ4n) is 1.40. The maximum Gasteiger partial charge on any atom is 0.309 e. The van der Waals surface area contributed by atoms with Crippen LogP contribution in [0.25, 0.3) is 0 Å². The molecule has 0 heterocycles. The molecule has 0 saturated heterocycles. The van der Waals surface area contributed by atoms with Crippen molar-refractivity contribution in [1.82, 2.24) is 0 Å². The molecule has 13 heavy (non-hydrogen) atoms. The quantitative estimate of drug-likeness (QED) is 0.671. The van der Waals surface area contributed by atoms with Gasteiger partial charge in [0.1, 0.15) is 0 Å². The molecule has 1 N–H and O–H groups in total. The van der Waals surface area contributed by atoms with Crippen LogP contribution in [-0.2, 0) is 4.79 Å². The summed E-state index contributed by atoms with van der Waals surface area (Å²) in [5, 5.41) is 8.80. The van der Waals surface area contributed by atoms with E-state index >= 15 is 0 Å². The molecule has 0 rings (SSSR count). The molecule has 0 aliphatic carbocycles. The van der Waals surface area contributed by atoms with Crippen LogP contribution in [0.5, 0.6) is 0 Å². The number of hydrogen-bond acceptors (Lipinski definition) is 1. The van der Waals surface area contributed by atoms with Crippen LogP contribution in [-0.4, -0.2) is 11.1 Å². The van der Waals surface area contributed by atoms with Crippen LogP contribution < -0.4 is 0 Å². The predicted molar refractivity (Wildman–Crippen MR) is 56.7 cm³/mol. The Hall–Kier alpha value is -0.790. The molecular formula is C11H22O2. The van der Waals surface area contributed by atoms with Crippen LogP contribution in [0.4, 0.5) is 0 Å². The second kappa shape index (κ2) is 5.05.